The molecule has 0 spiro atoms. The molecule has 19 nitrogen and oxygen atoms in total. The van der Waals surface area contributed by atoms with Crippen molar-refractivity contribution in [2.24, 2.45) is 0 Å². The number of ether oxygens (including phenoxy) is 10. The number of methoxy groups -OCH3 is 1. The number of rotatable bonds is 18. The van der Waals surface area contributed by atoms with Gasteiger partial charge in [-0.15, -0.1) is 0 Å². The molecule has 0 saturated carbocycles. The molecule has 2 N–H and O–H groups in total. The normalized spacial score (nSPS) is 26.9. The lowest BCUT2D eigenvalue weighted by atomic mass is 9.85. The molecule has 0 radical (unpaired) electrons. The lowest BCUT2D eigenvalue weighted by molar-refractivity contribution is -0.357. The minimum atomic E-state index is -3.01. The van der Waals surface area contributed by atoms with Crippen LogP contribution < -0.4 is 5.32 Å². The second-order valence-corrected chi connectivity index (χ2v) is 15.5. The van der Waals surface area contributed by atoms with E-state index in [0.717, 1.165) is 34.8 Å². The Labute approximate surface area is 381 Å². The van der Waals surface area contributed by atoms with E-state index in [1.54, 1.807) is 80.6 Å². The second-order valence-electron chi connectivity index (χ2n) is 15.5. The van der Waals surface area contributed by atoms with Crippen molar-refractivity contribution < 1.29 is 86.0 Å². The number of carbonyl (C=O) groups excluding carboxylic acids is 7. The number of hydrogen-bond donors (Lipinski definition) is 2. The fourth-order valence-corrected chi connectivity index (χ4v) is 7.81. The second kappa shape index (κ2) is 23.3. The molecule has 0 aliphatic carbocycles. The van der Waals surface area contributed by atoms with Crippen LogP contribution in [0.3, 0.4) is 0 Å². The first kappa shape index (κ1) is 50.7. The van der Waals surface area contributed by atoms with Crippen LogP contribution in [0.1, 0.15) is 74.2 Å². The Bertz CT molecular complexity index is 2120. The van der Waals surface area contributed by atoms with E-state index >= 15 is 0 Å². The van der Waals surface area contributed by atoms with Crippen LogP contribution in [0.2, 0.25) is 0 Å². The first-order chi connectivity index (χ1) is 31.5. The zero-order valence-electron chi connectivity index (χ0n) is 37.5. The molecule has 66 heavy (non-hydrogen) atoms. The maximum absolute atomic E-state index is 14.2. The maximum atomic E-state index is 14.2. The molecule has 3 aromatic rings. The lowest BCUT2D eigenvalue weighted by Crippen LogP contribution is -2.75. The molecule has 2 fully saturated rings. The molecule has 356 valence electrons. The van der Waals surface area contributed by atoms with Gasteiger partial charge >= 0.3 is 41.6 Å². The van der Waals surface area contributed by atoms with Crippen molar-refractivity contribution in [2.45, 2.75) is 127 Å². The predicted octanol–water partition coefficient (Wildman–Crippen LogP) is 3.17. The Morgan fingerprint density at radius 2 is 1.26 bits per heavy atom. The van der Waals surface area contributed by atoms with E-state index < -0.39 is 121 Å². The van der Waals surface area contributed by atoms with Gasteiger partial charge in [0, 0.05) is 27.7 Å². The zero-order valence-corrected chi connectivity index (χ0v) is 37.5. The largest absolute Gasteiger partial charge is 0.465 e. The summed E-state index contributed by atoms with van der Waals surface area (Å²) in [7, 11) is 0.951. The lowest BCUT2D eigenvalue weighted by Gasteiger charge is -2.51. The highest BCUT2D eigenvalue weighted by molar-refractivity contribution is 5.90. The summed E-state index contributed by atoms with van der Waals surface area (Å²) in [6.45, 7) is 6.52. The van der Waals surface area contributed by atoms with Crippen molar-refractivity contribution in [1.29, 1.82) is 0 Å². The minimum Gasteiger partial charge on any atom is -0.465 e. The fourth-order valence-electron chi connectivity index (χ4n) is 7.81. The molecule has 5 rings (SSSR count). The molecule has 12 atom stereocenters. The number of esters is 6. The van der Waals surface area contributed by atoms with Crippen molar-refractivity contribution in [3.63, 3.8) is 0 Å². The molecule has 0 bridgehead atoms. The Balaban J connectivity index is 1.63. The van der Waals surface area contributed by atoms with E-state index in [2.05, 4.69) is 5.32 Å². The van der Waals surface area contributed by atoms with Crippen LogP contribution in [0, 0.1) is 0 Å². The molecule has 1 amide bonds. The highest BCUT2D eigenvalue weighted by atomic mass is 16.8. The molecule has 19 heteroatoms. The molecule has 2 heterocycles. The van der Waals surface area contributed by atoms with Crippen LogP contribution in [0.5, 0.6) is 0 Å². The average Bonchev–Trinajstić information content (AvgIpc) is 3.29. The van der Waals surface area contributed by atoms with E-state index in [1.807, 2.05) is 0 Å². The van der Waals surface area contributed by atoms with Gasteiger partial charge in [0.1, 0.15) is 24.4 Å². The summed E-state index contributed by atoms with van der Waals surface area (Å²) in [5.74, 6) is -9.40. The van der Waals surface area contributed by atoms with Crippen LogP contribution in [0.25, 0.3) is 0 Å². The van der Waals surface area contributed by atoms with E-state index in [0.29, 0.717) is 5.56 Å². The molecule has 2 saturated heterocycles. The Morgan fingerprint density at radius 3 is 1.76 bits per heavy atom. The van der Waals surface area contributed by atoms with Gasteiger partial charge in [-0.2, -0.15) is 0 Å². The summed E-state index contributed by atoms with van der Waals surface area (Å²) in [5.41, 5.74) is 1.01. The predicted molar refractivity (Wildman–Crippen MR) is 227 cm³/mol. The quantitative estimate of drug-likeness (QED) is 0.137. The fraction of sp³-hybridized carbons (Fsp3) is 0.468. The van der Waals surface area contributed by atoms with Gasteiger partial charge < -0.3 is 57.8 Å². The third-order valence-electron chi connectivity index (χ3n) is 10.7. The minimum absolute atomic E-state index is 0.00954. The average molecular weight is 922 g/mol. The van der Waals surface area contributed by atoms with Gasteiger partial charge in [-0.3, -0.25) is 19.2 Å². The third-order valence-corrected chi connectivity index (χ3v) is 10.7. The van der Waals surface area contributed by atoms with Crippen LogP contribution >= 0.6 is 0 Å². The molecular weight excluding hydrogens is 867 g/mol. The van der Waals surface area contributed by atoms with Crippen LogP contribution in [-0.2, 0) is 77.9 Å². The molecule has 3 aromatic carbocycles. The smallest absolute Gasteiger partial charge is 0.369 e. The van der Waals surface area contributed by atoms with Crippen LogP contribution in [0.4, 0.5) is 0 Å². The van der Waals surface area contributed by atoms with Gasteiger partial charge in [-0.1, -0.05) is 73.7 Å². The first-order valence-electron chi connectivity index (χ1n) is 21.2. The summed E-state index contributed by atoms with van der Waals surface area (Å²) >= 11 is 0. The number of hydrogen-bond acceptors (Lipinski definition) is 18. The standard InChI is InChI=1S/C47H55NO18/c1-8-34(61-28(4)50)39(62-29(5)51)40-36(48-27(3)49)41(63-30(6)52)43(53)47(66-40,46(56)57-7)59-25-35-38(58-24-31-18-12-9-13-19-31)42(65-45(55)33-22-16-11-17-23-33)37(26(2)60-35)64-44(54)32-20-14-10-15-21-32/h9-23,26,34-43,53H,8,24-25H2,1-7H3,(H,48,49)/t26-,34+,35?,36-,37?,38-,39+,40?,41-,42+,43?,47+/m0/s1. The summed E-state index contributed by atoms with van der Waals surface area (Å²) < 4.78 is 59.7. The molecule has 4 unspecified atom stereocenters. The van der Waals surface area contributed by atoms with Crippen LogP contribution in [-0.4, -0.2) is 133 Å². The molecule has 0 aromatic heterocycles. The highest BCUT2D eigenvalue weighted by Gasteiger charge is 2.65. The molecule has 2 aliphatic rings. The summed E-state index contributed by atoms with van der Waals surface area (Å²) in [5, 5.41) is 14.8. The maximum Gasteiger partial charge on any atom is 0.369 e. The van der Waals surface area contributed by atoms with Gasteiger partial charge in [0.05, 0.1) is 43.6 Å². The number of benzene rings is 3. The van der Waals surface area contributed by atoms with Crippen molar-refractivity contribution >= 4 is 41.7 Å². The summed E-state index contributed by atoms with van der Waals surface area (Å²) in [4.78, 5) is 92.2. The molecular formula is C47H55NO18. The van der Waals surface area contributed by atoms with Crippen molar-refractivity contribution in [3.05, 3.63) is 108 Å². The number of aliphatic hydroxyl groups excluding tert-OH is 1. The number of carbonyl (C=O) groups is 7. The summed E-state index contributed by atoms with van der Waals surface area (Å²) in [6, 6.07) is 23.4. The number of amides is 1. The van der Waals surface area contributed by atoms with E-state index in [9.17, 15) is 38.7 Å². The Hall–Kier alpha value is -6.25. The third kappa shape index (κ3) is 12.5. The van der Waals surface area contributed by atoms with Crippen molar-refractivity contribution in [1.82, 2.24) is 5.32 Å². The SMILES string of the molecule is CC[C@@H](OC(C)=O)[C@@H](OC(C)=O)C1O[C@@](OCC2O[C@@H](C)C(OC(=O)c3ccccc3)[C@@H](OC(=O)c3ccccc3)[C@H]2OCc2ccccc2)(C(=O)OC)C(O)[C@@H](OC(C)=O)[C@H]1NC(C)=O. The Kier molecular flexibility index (Phi) is 17.9. The first-order valence-corrected chi connectivity index (χ1v) is 21.2. The van der Waals surface area contributed by atoms with Crippen molar-refractivity contribution in [2.75, 3.05) is 13.7 Å². The monoisotopic (exact) mass is 921 g/mol. The molecule has 2 aliphatic heterocycles. The van der Waals surface area contributed by atoms with Gasteiger partial charge in [0.2, 0.25) is 5.91 Å². The van der Waals surface area contributed by atoms with E-state index in [-0.39, 0.29) is 24.2 Å². The van der Waals surface area contributed by atoms with Crippen LogP contribution in [0.15, 0.2) is 91.0 Å². The van der Waals surface area contributed by atoms with E-state index in [4.69, 9.17) is 47.4 Å². The topological polar surface area (TPSA) is 244 Å². The van der Waals surface area contributed by atoms with Gasteiger partial charge in [0.25, 0.3) is 0 Å². The van der Waals surface area contributed by atoms with Crippen molar-refractivity contribution in [3.8, 4) is 0 Å². The van der Waals surface area contributed by atoms with Gasteiger partial charge in [-0.25, -0.2) is 14.4 Å². The van der Waals surface area contributed by atoms with Gasteiger partial charge in [-0.05, 0) is 43.2 Å². The van der Waals surface area contributed by atoms with Gasteiger partial charge in [0.15, 0.2) is 30.5 Å². The highest BCUT2D eigenvalue weighted by Crippen LogP contribution is 2.39. The number of aliphatic hydroxyl groups is 1. The zero-order chi connectivity index (χ0) is 48.1. The number of nitrogens with one attached hydrogen (secondary N) is 1. The summed E-state index contributed by atoms with van der Waals surface area (Å²) in [6.07, 6.45) is -15.5. The Morgan fingerprint density at radius 1 is 0.712 bits per heavy atom. The van der Waals surface area contributed by atoms with E-state index in [1.165, 1.54) is 24.3 Å².